The number of hydrogen-bond acceptors (Lipinski definition) is 8. The summed E-state index contributed by atoms with van der Waals surface area (Å²) in [5.41, 5.74) is 2.08. The third-order valence-corrected chi connectivity index (χ3v) is 6.41. The summed E-state index contributed by atoms with van der Waals surface area (Å²) in [6, 6.07) is 9.99. The molecule has 0 N–H and O–H groups in total. The van der Waals surface area contributed by atoms with Crippen molar-refractivity contribution in [3.8, 4) is 5.75 Å². The first-order valence-electron chi connectivity index (χ1n) is 11.8. The van der Waals surface area contributed by atoms with Crippen molar-refractivity contribution in [3.05, 3.63) is 64.6 Å². The standard InChI is InChI=1S/C27H27ClFNO8/c1-14(31)36-23-13-35-27(26(38-16(3)33)25(23)37-15(2)32)30-12-18(24-19(28)6-5-7-21(24)30)10-17-8-9-22(34-4)20(29)11-17/h5-9,11-12,23,25-27H,10,13H2,1-4H3/t23-,25+,26-,27-/m1/s1. The van der Waals surface area contributed by atoms with Crippen molar-refractivity contribution in [3.63, 3.8) is 0 Å². The van der Waals surface area contributed by atoms with E-state index in [2.05, 4.69) is 0 Å². The van der Waals surface area contributed by atoms with E-state index in [4.69, 9.17) is 35.3 Å². The van der Waals surface area contributed by atoms with Gasteiger partial charge in [0, 0.05) is 32.4 Å². The normalized spacial score (nSPS) is 21.1. The molecule has 3 aromatic rings. The van der Waals surface area contributed by atoms with Crippen molar-refractivity contribution in [2.24, 2.45) is 0 Å². The van der Waals surface area contributed by atoms with Crippen LogP contribution >= 0.6 is 11.6 Å². The quantitative estimate of drug-likeness (QED) is 0.318. The molecule has 1 aliphatic rings. The number of aromatic nitrogens is 1. The Morgan fingerprint density at radius 2 is 1.71 bits per heavy atom. The Morgan fingerprint density at radius 3 is 2.34 bits per heavy atom. The van der Waals surface area contributed by atoms with Crippen LogP contribution < -0.4 is 4.74 Å². The van der Waals surface area contributed by atoms with E-state index in [1.54, 1.807) is 35.0 Å². The highest BCUT2D eigenvalue weighted by atomic mass is 35.5. The fraction of sp³-hybridized carbons (Fsp3) is 0.370. The highest BCUT2D eigenvalue weighted by Crippen LogP contribution is 2.37. The number of rotatable bonds is 7. The molecule has 4 atom stereocenters. The minimum Gasteiger partial charge on any atom is -0.494 e. The Kier molecular flexibility index (Phi) is 8.23. The van der Waals surface area contributed by atoms with Crippen LogP contribution in [0.2, 0.25) is 5.02 Å². The van der Waals surface area contributed by atoms with Gasteiger partial charge in [0.1, 0.15) is 0 Å². The van der Waals surface area contributed by atoms with Crippen molar-refractivity contribution in [1.29, 1.82) is 0 Å². The van der Waals surface area contributed by atoms with E-state index in [0.29, 0.717) is 27.9 Å². The third-order valence-electron chi connectivity index (χ3n) is 6.09. The van der Waals surface area contributed by atoms with Crippen LogP contribution in [0.1, 0.15) is 38.1 Å². The Morgan fingerprint density at radius 1 is 1.03 bits per heavy atom. The molecule has 2 heterocycles. The van der Waals surface area contributed by atoms with E-state index in [1.807, 2.05) is 6.07 Å². The second kappa shape index (κ2) is 11.4. The fourth-order valence-corrected chi connectivity index (χ4v) is 4.98. The van der Waals surface area contributed by atoms with Crippen LogP contribution in [-0.2, 0) is 39.8 Å². The van der Waals surface area contributed by atoms with Gasteiger partial charge in [-0.05, 0) is 41.8 Å². The molecule has 2 aromatic carbocycles. The lowest BCUT2D eigenvalue weighted by Crippen LogP contribution is -2.55. The van der Waals surface area contributed by atoms with Gasteiger partial charge < -0.3 is 28.3 Å². The van der Waals surface area contributed by atoms with Gasteiger partial charge in [-0.1, -0.05) is 23.7 Å². The number of nitrogens with zero attached hydrogens (tertiary/aromatic N) is 1. The lowest BCUT2D eigenvalue weighted by atomic mass is 10.0. The molecule has 1 aromatic heterocycles. The van der Waals surface area contributed by atoms with Crippen LogP contribution in [0.15, 0.2) is 42.6 Å². The topological polar surface area (TPSA) is 102 Å². The Bertz CT molecular complexity index is 1370. The molecule has 0 spiro atoms. The number of ether oxygens (including phenoxy) is 5. The lowest BCUT2D eigenvalue weighted by Gasteiger charge is -2.41. The number of fused-ring (bicyclic) bond motifs is 1. The molecule has 1 fully saturated rings. The summed E-state index contributed by atoms with van der Waals surface area (Å²) < 4.78 is 43.6. The van der Waals surface area contributed by atoms with E-state index in [0.717, 1.165) is 5.56 Å². The number of halogens is 2. The molecule has 0 bridgehead atoms. The van der Waals surface area contributed by atoms with Gasteiger partial charge in [-0.2, -0.15) is 0 Å². The zero-order valence-corrected chi connectivity index (χ0v) is 22.0. The molecule has 0 unspecified atom stereocenters. The summed E-state index contributed by atoms with van der Waals surface area (Å²) in [4.78, 5) is 35.7. The van der Waals surface area contributed by atoms with Gasteiger partial charge in [-0.3, -0.25) is 14.4 Å². The lowest BCUT2D eigenvalue weighted by molar-refractivity contribution is -0.239. The maximum absolute atomic E-state index is 14.4. The number of hydrogen-bond donors (Lipinski definition) is 0. The highest BCUT2D eigenvalue weighted by molar-refractivity contribution is 6.35. The number of esters is 3. The number of carbonyl (C=O) groups excluding carboxylic acids is 3. The first-order valence-corrected chi connectivity index (χ1v) is 12.2. The zero-order valence-electron chi connectivity index (χ0n) is 21.2. The Hall–Kier alpha value is -3.63. The Balaban J connectivity index is 1.80. The van der Waals surface area contributed by atoms with Crippen molar-refractivity contribution in [2.45, 2.75) is 51.7 Å². The van der Waals surface area contributed by atoms with Crippen LogP contribution in [0.25, 0.3) is 10.9 Å². The van der Waals surface area contributed by atoms with Crippen LogP contribution in [0, 0.1) is 5.82 Å². The highest BCUT2D eigenvalue weighted by Gasteiger charge is 2.48. The number of carbonyl (C=O) groups is 3. The Labute approximate surface area is 223 Å². The SMILES string of the molecule is COc1ccc(Cc2cn([C@@H]3OC[C@@H](OC(C)=O)[C@H](OC(C)=O)[C@H]3OC(C)=O)c3cccc(Cl)c23)cc1F. The average molecular weight is 548 g/mol. The minimum absolute atomic E-state index is 0.126. The van der Waals surface area contributed by atoms with Crippen LogP contribution in [0.3, 0.4) is 0 Å². The predicted molar refractivity (Wildman–Crippen MR) is 134 cm³/mol. The molecule has 1 aliphatic heterocycles. The van der Waals surface area contributed by atoms with Crippen molar-refractivity contribution in [1.82, 2.24) is 4.57 Å². The third kappa shape index (κ3) is 5.76. The smallest absolute Gasteiger partial charge is 0.303 e. The molecular formula is C27H27ClFNO8. The molecule has 1 saturated heterocycles. The molecule has 0 aliphatic carbocycles. The van der Waals surface area contributed by atoms with E-state index >= 15 is 0 Å². The number of methoxy groups -OCH3 is 1. The average Bonchev–Trinajstić information content (AvgIpc) is 3.19. The monoisotopic (exact) mass is 547 g/mol. The first kappa shape index (κ1) is 27.4. The van der Waals surface area contributed by atoms with Gasteiger partial charge >= 0.3 is 17.9 Å². The van der Waals surface area contributed by atoms with Gasteiger partial charge in [0.25, 0.3) is 0 Å². The van der Waals surface area contributed by atoms with E-state index in [9.17, 15) is 18.8 Å². The fourth-order valence-electron chi connectivity index (χ4n) is 4.69. The van der Waals surface area contributed by atoms with E-state index in [1.165, 1.54) is 33.9 Å². The molecule has 0 radical (unpaired) electrons. The van der Waals surface area contributed by atoms with Gasteiger partial charge in [-0.25, -0.2) is 4.39 Å². The van der Waals surface area contributed by atoms with E-state index < -0.39 is 48.3 Å². The molecule has 202 valence electrons. The molecule has 9 nitrogen and oxygen atoms in total. The van der Waals surface area contributed by atoms with Gasteiger partial charge in [0.05, 0.1) is 24.3 Å². The van der Waals surface area contributed by atoms with Crippen molar-refractivity contribution in [2.75, 3.05) is 13.7 Å². The summed E-state index contributed by atoms with van der Waals surface area (Å²) in [5.74, 6) is -2.26. The second-order valence-electron chi connectivity index (χ2n) is 8.86. The largest absolute Gasteiger partial charge is 0.494 e. The number of benzene rings is 2. The molecule has 0 saturated carbocycles. The summed E-state index contributed by atoms with van der Waals surface area (Å²) in [6.45, 7) is 3.51. The zero-order chi connectivity index (χ0) is 27.6. The van der Waals surface area contributed by atoms with Gasteiger partial charge in [-0.15, -0.1) is 0 Å². The second-order valence-corrected chi connectivity index (χ2v) is 9.27. The van der Waals surface area contributed by atoms with Crippen LogP contribution in [-0.4, -0.2) is 54.5 Å². The molecule has 0 amide bonds. The maximum atomic E-state index is 14.4. The summed E-state index contributed by atoms with van der Waals surface area (Å²) in [7, 11) is 1.39. The van der Waals surface area contributed by atoms with E-state index in [-0.39, 0.29) is 12.4 Å². The molecule has 11 heteroatoms. The van der Waals surface area contributed by atoms with Crippen molar-refractivity contribution >= 4 is 40.4 Å². The molecule has 38 heavy (non-hydrogen) atoms. The summed E-state index contributed by atoms with van der Waals surface area (Å²) in [5, 5.41) is 1.15. The van der Waals surface area contributed by atoms with Gasteiger partial charge in [0.15, 0.2) is 36.1 Å². The predicted octanol–water partition coefficient (Wildman–Crippen LogP) is 4.36. The summed E-state index contributed by atoms with van der Waals surface area (Å²) >= 11 is 6.60. The van der Waals surface area contributed by atoms with Crippen LogP contribution in [0.5, 0.6) is 5.75 Å². The first-order chi connectivity index (χ1) is 18.1. The van der Waals surface area contributed by atoms with Gasteiger partial charge in [0.2, 0.25) is 0 Å². The molecule has 4 rings (SSSR count). The maximum Gasteiger partial charge on any atom is 0.303 e. The van der Waals surface area contributed by atoms with Crippen molar-refractivity contribution < 1.29 is 42.5 Å². The summed E-state index contributed by atoms with van der Waals surface area (Å²) in [6.07, 6.45) is -2.15. The molecular weight excluding hydrogens is 521 g/mol. The van der Waals surface area contributed by atoms with Crippen LogP contribution in [0.4, 0.5) is 4.39 Å². The minimum atomic E-state index is -1.16.